The van der Waals surface area contributed by atoms with Crippen molar-refractivity contribution in [2.24, 2.45) is 0 Å². The standard InChI is InChI=1S/C18H21N5OS/c1-12-7-14(19)8-15(21-12)16-11-23(4-5-24-16)10-13-9-20-22-18(13)17-3-2-6-25-17/h2-3,6-9,16H,4-5,10-11H2,1H3,(H2,19,21)(H,20,22)/t16-/m0/s1. The molecule has 1 fully saturated rings. The number of morpholine rings is 1. The molecule has 3 aromatic heterocycles. The molecule has 0 aliphatic carbocycles. The summed E-state index contributed by atoms with van der Waals surface area (Å²) in [6.07, 6.45) is 1.87. The summed E-state index contributed by atoms with van der Waals surface area (Å²) in [6, 6.07) is 7.96. The van der Waals surface area contributed by atoms with E-state index in [0.717, 1.165) is 42.4 Å². The predicted octanol–water partition coefficient (Wildman–Crippen LogP) is 3.00. The molecule has 1 aliphatic rings. The Morgan fingerprint density at radius 1 is 1.44 bits per heavy atom. The van der Waals surface area contributed by atoms with E-state index in [1.54, 1.807) is 11.3 Å². The summed E-state index contributed by atoms with van der Waals surface area (Å²) in [5, 5.41) is 9.45. The van der Waals surface area contributed by atoms with E-state index >= 15 is 0 Å². The summed E-state index contributed by atoms with van der Waals surface area (Å²) in [5.41, 5.74) is 10.8. The van der Waals surface area contributed by atoms with Gasteiger partial charge in [-0.05, 0) is 30.5 Å². The van der Waals surface area contributed by atoms with Gasteiger partial charge in [-0.15, -0.1) is 11.3 Å². The van der Waals surface area contributed by atoms with E-state index in [2.05, 4.69) is 37.6 Å². The highest BCUT2D eigenvalue weighted by Gasteiger charge is 2.24. The number of aromatic nitrogens is 3. The van der Waals surface area contributed by atoms with Gasteiger partial charge in [-0.2, -0.15) is 5.10 Å². The third kappa shape index (κ3) is 3.58. The molecule has 0 bridgehead atoms. The fourth-order valence-corrected chi connectivity index (χ4v) is 3.97. The third-order valence-corrected chi connectivity index (χ3v) is 5.24. The Hall–Kier alpha value is -2.22. The number of pyridine rings is 1. The Bertz CT molecular complexity index is 825. The number of anilines is 1. The summed E-state index contributed by atoms with van der Waals surface area (Å²) >= 11 is 1.72. The lowest BCUT2D eigenvalue weighted by Crippen LogP contribution is -2.38. The molecule has 0 saturated carbocycles. The molecule has 0 unspecified atom stereocenters. The SMILES string of the molecule is Cc1cc(N)cc([C@@H]2CN(Cc3cn[nH]c3-c3cccs3)CCO2)n1. The molecule has 7 heteroatoms. The van der Waals surface area contributed by atoms with Crippen molar-refractivity contribution in [1.82, 2.24) is 20.1 Å². The molecule has 1 aliphatic heterocycles. The molecule has 0 aromatic carbocycles. The lowest BCUT2D eigenvalue weighted by molar-refractivity contribution is -0.0349. The van der Waals surface area contributed by atoms with Gasteiger partial charge in [-0.3, -0.25) is 15.0 Å². The first-order chi connectivity index (χ1) is 12.2. The molecule has 0 amide bonds. The predicted molar refractivity (Wildman–Crippen MR) is 99.3 cm³/mol. The Kier molecular flexibility index (Phi) is 4.52. The molecule has 4 rings (SSSR count). The first-order valence-electron chi connectivity index (χ1n) is 8.33. The summed E-state index contributed by atoms with van der Waals surface area (Å²) in [5.74, 6) is 0. The van der Waals surface area contributed by atoms with Crippen molar-refractivity contribution in [3.05, 3.63) is 52.8 Å². The van der Waals surface area contributed by atoms with Crippen LogP contribution in [0.4, 0.5) is 5.69 Å². The van der Waals surface area contributed by atoms with Gasteiger partial charge < -0.3 is 10.5 Å². The maximum absolute atomic E-state index is 5.96. The summed E-state index contributed by atoms with van der Waals surface area (Å²) < 4.78 is 5.94. The number of H-pyrrole nitrogens is 1. The molecular weight excluding hydrogens is 334 g/mol. The van der Waals surface area contributed by atoms with Crippen molar-refractivity contribution in [1.29, 1.82) is 0 Å². The molecule has 4 heterocycles. The maximum Gasteiger partial charge on any atom is 0.112 e. The van der Waals surface area contributed by atoms with Crippen LogP contribution in [0.5, 0.6) is 0 Å². The zero-order chi connectivity index (χ0) is 17.2. The van der Waals surface area contributed by atoms with E-state index < -0.39 is 0 Å². The minimum Gasteiger partial charge on any atom is -0.399 e. The van der Waals surface area contributed by atoms with Crippen molar-refractivity contribution in [2.75, 3.05) is 25.4 Å². The average Bonchev–Trinajstić information content (AvgIpc) is 3.25. The lowest BCUT2D eigenvalue weighted by Gasteiger charge is -2.32. The first-order valence-corrected chi connectivity index (χ1v) is 9.21. The second kappa shape index (κ2) is 6.95. The van der Waals surface area contributed by atoms with Gasteiger partial charge in [0.25, 0.3) is 0 Å². The van der Waals surface area contributed by atoms with E-state index in [1.807, 2.05) is 25.3 Å². The molecule has 3 N–H and O–H groups in total. The number of nitrogens with zero attached hydrogens (tertiary/aromatic N) is 3. The summed E-state index contributed by atoms with van der Waals surface area (Å²) in [7, 11) is 0. The summed E-state index contributed by atoms with van der Waals surface area (Å²) in [4.78, 5) is 8.20. The highest BCUT2D eigenvalue weighted by molar-refractivity contribution is 7.13. The number of hydrogen-bond acceptors (Lipinski definition) is 6. The van der Waals surface area contributed by atoms with Crippen LogP contribution in [0, 0.1) is 6.92 Å². The third-order valence-electron chi connectivity index (χ3n) is 4.36. The lowest BCUT2D eigenvalue weighted by atomic mass is 10.1. The minimum atomic E-state index is -0.0481. The molecule has 6 nitrogen and oxygen atoms in total. The molecular formula is C18H21N5OS. The normalized spacial score (nSPS) is 18.5. The van der Waals surface area contributed by atoms with E-state index in [-0.39, 0.29) is 6.10 Å². The number of thiophene rings is 1. The fraction of sp³-hybridized carbons (Fsp3) is 0.333. The highest BCUT2D eigenvalue weighted by Crippen LogP contribution is 2.28. The van der Waals surface area contributed by atoms with E-state index in [9.17, 15) is 0 Å². The van der Waals surface area contributed by atoms with Crippen molar-refractivity contribution >= 4 is 17.0 Å². The van der Waals surface area contributed by atoms with Crippen LogP contribution in [0.25, 0.3) is 10.6 Å². The van der Waals surface area contributed by atoms with Crippen LogP contribution in [0.3, 0.4) is 0 Å². The quantitative estimate of drug-likeness (QED) is 0.752. The number of rotatable bonds is 4. The van der Waals surface area contributed by atoms with Crippen LogP contribution < -0.4 is 5.73 Å². The van der Waals surface area contributed by atoms with E-state index in [4.69, 9.17) is 10.5 Å². The van der Waals surface area contributed by atoms with Crippen molar-refractivity contribution in [2.45, 2.75) is 19.6 Å². The number of aryl methyl sites for hydroxylation is 1. The number of hydrogen-bond donors (Lipinski definition) is 2. The number of aromatic amines is 1. The molecule has 0 spiro atoms. The molecule has 1 atom stereocenters. The van der Waals surface area contributed by atoms with Crippen molar-refractivity contribution in [3.63, 3.8) is 0 Å². The van der Waals surface area contributed by atoms with Gasteiger partial charge in [0.2, 0.25) is 0 Å². The summed E-state index contributed by atoms with van der Waals surface area (Å²) in [6.45, 7) is 5.17. The van der Waals surface area contributed by atoms with Crippen LogP contribution in [0.1, 0.15) is 23.1 Å². The van der Waals surface area contributed by atoms with Gasteiger partial charge in [0.1, 0.15) is 6.10 Å². The zero-order valence-electron chi connectivity index (χ0n) is 14.1. The minimum absolute atomic E-state index is 0.0481. The van der Waals surface area contributed by atoms with Gasteiger partial charge in [0.05, 0.1) is 29.1 Å². The van der Waals surface area contributed by atoms with Gasteiger partial charge in [-0.25, -0.2) is 0 Å². The van der Waals surface area contributed by atoms with Gasteiger partial charge >= 0.3 is 0 Å². The molecule has 130 valence electrons. The van der Waals surface area contributed by atoms with Crippen LogP contribution in [-0.2, 0) is 11.3 Å². The van der Waals surface area contributed by atoms with Gasteiger partial charge in [0, 0.05) is 36.6 Å². The van der Waals surface area contributed by atoms with Crippen LogP contribution in [0.2, 0.25) is 0 Å². The number of ether oxygens (including phenoxy) is 1. The average molecular weight is 355 g/mol. The number of nitrogens with one attached hydrogen (secondary N) is 1. The van der Waals surface area contributed by atoms with E-state index in [0.29, 0.717) is 6.61 Å². The Labute approximate surface area is 150 Å². The van der Waals surface area contributed by atoms with Gasteiger partial charge in [0.15, 0.2) is 0 Å². The highest BCUT2D eigenvalue weighted by atomic mass is 32.1. The number of nitrogen functional groups attached to an aromatic ring is 1. The fourth-order valence-electron chi connectivity index (χ4n) is 3.22. The molecule has 1 saturated heterocycles. The Balaban J connectivity index is 1.50. The topological polar surface area (TPSA) is 80.1 Å². The largest absolute Gasteiger partial charge is 0.399 e. The molecule has 25 heavy (non-hydrogen) atoms. The van der Waals surface area contributed by atoms with Gasteiger partial charge in [-0.1, -0.05) is 6.07 Å². The second-order valence-corrected chi connectivity index (χ2v) is 7.26. The number of nitrogens with two attached hydrogens (primary N) is 1. The Morgan fingerprint density at radius 3 is 3.16 bits per heavy atom. The van der Waals surface area contributed by atoms with Crippen LogP contribution >= 0.6 is 11.3 Å². The Morgan fingerprint density at radius 2 is 2.36 bits per heavy atom. The molecule has 0 radical (unpaired) electrons. The molecule has 3 aromatic rings. The van der Waals surface area contributed by atoms with Crippen molar-refractivity contribution in [3.8, 4) is 10.6 Å². The maximum atomic E-state index is 5.96. The monoisotopic (exact) mass is 355 g/mol. The smallest absolute Gasteiger partial charge is 0.112 e. The van der Waals surface area contributed by atoms with Crippen LogP contribution in [0.15, 0.2) is 35.8 Å². The van der Waals surface area contributed by atoms with E-state index in [1.165, 1.54) is 10.4 Å². The van der Waals surface area contributed by atoms with Crippen molar-refractivity contribution < 1.29 is 4.74 Å². The second-order valence-electron chi connectivity index (χ2n) is 6.31. The first kappa shape index (κ1) is 16.3. The van der Waals surface area contributed by atoms with Crippen LogP contribution in [-0.4, -0.2) is 39.8 Å². The zero-order valence-corrected chi connectivity index (χ0v) is 14.9.